The van der Waals surface area contributed by atoms with Gasteiger partial charge in [0.1, 0.15) is 0 Å². The number of rotatable bonds is 1. The number of methoxy groups -OCH3 is 1. The Balaban J connectivity index is 4.94. The van der Waals surface area contributed by atoms with E-state index in [-0.39, 0.29) is 4.75 Å². The first kappa shape index (κ1) is 18.6. The van der Waals surface area contributed by atoms with Crippen LogP contribution in [-0.2, 0) is 4.74 Å². The van der Waals surface area contributed by atoms with Gasteiger partial charge in [0.05, 0.1) is 7.11 Å². The Morgan fingerprint density at radius 2 is 1.60 bits per heavy atom. The van der Waals surface area contributed by atoms with Crippen molar-refractivity contribution in [3.8, 4) is 0 Å². The Kier molecular flexibility index (Phi) is 6.33. The summed E-state index contributed by atoms with van der Waals surface area (Å²) in [5.74, 6) is 0. The molecule has 20 heavy (non-hydrogen) atoms. The number of carbonyl (C=O) groups is 2. The zero-order valence-corrected chi connectivity index (χ0v) is 13.9. The third kappa shape index (κ3) is 7.22. The molecule has 0 aliphatic rings. The van der Waals surface area contributed by atoms with Crippen LogP contribution in [0.3, 0.4) is 0 Å². The van der Waals surface area contributed by atoms with E-state index in [9.17, 15) is 9.59 Å². The van der Waals surface area contributed by atoms with Gasteiger partial charge in [0.25, 0.3) is 0 Å². The van der Waals surface area contributed by atoms with Gasteiger partial charge in [-0.3, -0.25) is 10.1 Å². The zero-order chi connectivity index (χ0) is 16.1. The summed E-state index contributed by atoms with van der Waals surface area (Å²) in [6.45, 7) is 11.1. The fourth-order valence-electron chi connectivity index (χ4n) is 0.987. The molecule has 0 rings (SSSR count). The fourth-order valence-corrected chi connectivity index (χ4v) is 1.47. The van der Waals surface area contributed by atoms with Crippen molar-refractivity contribution >= 4 is 30.0 Å². The summed E-state index contributed by atoms with van der Waals surface area (Å²) < 4.78 is 6.99. The van der Waals surface area contributed by atoms with Crippen molar-refractivity contribution in [2.75, 3.05) is 7.11 Å². The minimum absolute atomic E-state index is 0.211. The molecule has 8 heteroatoms. The molecule has 0 bridgehead atoms. The lowest BCUT2D eigenvalue weighted by Gasteiger charge is -2.27. The number of amides is 4. The molecule has 3 N–H and O–H groups in total. The highest BCUT2D eigenvalue weighted by molar-refractivity contribution is 7.99. The Morgan fingerprint density at radius 1 is 1.10 bits per heavy atom. The molecule has 0 aromatic rings. The van der Waals surface area contributed by atoms with E-state index in [1.807, 2.05) is 20.8 Å². The molecule has 0 unspecified atom stereocenters. The average Bonchev–Trinajstić information content (AvgIpc) is 2.22. The fraction of sp³-hybridized carbons (Fsp3) is 0.750. The SMILES string of the molecule is COC(=N)N(C(=O)NSC(C)(C)C)C(=O)NC(C)(C)C. The predicted octanol–water partition coefficient (Wildman–Crippen LogP) is 2.53. The highest BCUT2D eigenvalue weighted by Gasteiger charge is 2.30. The highest BCUT2D eigenvalue weighted by Crippen LogP contribution is 2.19. The van der Waals surface area contributed by atoms with Gasteiger partial charge < -0.3 is 10.1 Å². The van der Waals surface area contributed by atoms with Crippen LogP contribution in [0.1, 0.15) is 41.5 Å². The molecule has 0 heterocycles. The van der Waals surface area contributed by atoms with Crippen LogP contribution in [-0.4, -0.2) is 40.4 Å². The standard InChI is InChI=1S/C12H24N4O3S/c1-11(2,3)14-9(17)16(8(13)19-7)10(18)15-20-12(4,5)6/h13H,1-7H3,(H,14,17)(H,15,18). The van der Waals surface area contributed by atoms with E-state index in [0.29, 0.717) is 4.90 Å². The first-order valence-electron chi connectivity index (χ1n) is 6.10. The van der Waals surface area contributed by atoms with E-state index in [1.165, 1.54) is 7.11 Å². The van der Waals surface area contributed by atoms with Crippen molar-refractivity contribution < 1.29 is 14.3 Å². The van der Waals surface area contributed by atoms with Gasteiger partial charge in [0.2, 0.25) is 0 Å². The zero-order valence-electron chi connectivity index (χ0n) is 13.1. The van der Waals surface area contributed by atoms with E-state index in [4.69, 9.17) is 5.41 Å². The van der Waals surface area contributed by atoms with E-state index in [2.05, 4.69) is 14.8 Å². The number of amidine groups is 1. The van der Waals surface area contributed by atoms with Crippen LogP contribution in [0, 0.1) is 5.41 Å². The van der Waals surface area contributed by atoms with Crippen LogP contribution in [0.2, 0.25) is 0 Å². The van der Waals surface area contributed by atoms with Crippen LogP contribution < -0.4 is 10.0 Å². The van der Waals surface area contributed by atoms with Crippen molar-refractivity contribution in [3.05, 3.63) is 0 Å². The van der Waals surface area contributed by atoms with Crippen molar-refractivity contribution in [1.29, 1.82) is 5.41 Å². The minimum atomic E-state index is -0.724. The third-order valence-electron chi connectivity index (χ3n) is 1.73. The van der Waals surface area contributed by atoms with Gasteiger partial charge in [-0.15, -0.1) is 0 Å². The van der Waals surface area contributed by atoms with E-state index >= 15 is 0 Å². The molecule has 0 aliphatic heterocycles. The number of ether oxygens (including phenoxy) is 1. The van der Waals surface area contributed by atoms with E-state index < -0.39 is 23.6 Å². The second-order valence-corrected chi connectivity index (χ2v) is 7.78. The maximum Gasteiger partial charge on any atom is 0.343 e. The topological polar surface area (TPSA) is 94.5 Å². The minimum Gasteiger partial charge on any atom is -0.468 e. The maximum absolute atomic E-state index is 12.0. The molecule has 0 fully saturated rings. The summed E-state index contributed by atoms with van der Waals surface area (Å²) in [5.41, 5.74) is -0.527. The summed E-state index contributed by atoms with van der Waals surface area (Å²) in [4.78, 5) is 24.7. The van der Waals surface area contributed by atoms with Crippen molar-refractivity contribution in [2.45, 2.75) is 51.8 Å². The second-order valence-electron chi connectivity index (χ2n) is 6.15. The smallest absolute Gasteiger partial charge is 0.343 e. The molecule has 4 amide bonds. The second kappa shape index (κ2) is 6.83. The van der Waals surface area contributed by atoms with E-state index in [0.717, 1.165) is 11.9 Å². The maximum atomic E-state index is 12.0. The van der Waals surface area contributed by atoms with Gasteiger partial charge in [0, 0.05) is 10.3 Å². The predicted molar refractivity (Wildman–Crippen MR) is 80.7 cm³/mol. The Labute approximate surface area is 124 Å². The first-order valence-corrected chi connectivity index (χ1v) is 6.92. The van der Waals surface area contributed by atoms with Gasteiger partial charge >= 0.3 is 18.1 Å². The Bertz CT molecular complexity index is 385. The quantitative estimate of drug-likeness (QED) is 0.394. The first-order chi connectivity index (χ1) is 8.87. The van der Waals surface area contributed by atoms with Crippen LogP contribution in [0.4, 0.5) is 9.59 Å². The van der Waals surface area contributed by atoms with Gasteiger partial charge in [-0.25, -0.2) is 9.59 Å². The monoisotopic (exact) mass is 304 g/mol. The number of urea groups is 2. The summed E-state index contributed by atoms with van der Waals surface area (Å²) in [6, 6.07) is -1.98. The third-order valence-corrected chi connectivity index (χ3v) is 2.62. The molecular weight excluding hydrogens is 280 g/mol. The number of carbonyl (C=O) groups excluding carboxylic acids is 2. The summed E-state index contributed by atoms with van der Waals surface area (Å²) in [5, 5.41) is 10.2. The lowest BCUT2D eigenvalue weighted by Crippen LogP contribution is -2.55. The molecule has 116 valence electrons. The number of imide groups is 1. The molecule has 0 aliphatic carbocycles. The van der Waals surface area contributed by atoms with Crippen molar-refractivity contribution in [3.63, 3.8) is 0 Å². The molecule has 7 nitrogen and oxygen atoms in total. The number of hydrogen-bond donors (Lipinski definition) is 3. The molecule has 0 saturated heterocycles. The Morgan fingerprint density at radius 3 is 1.95 bits per heavy atom. The number of hydrogen-bond acceptors (Lipinski definition) is 5. The summed E-state index contributed by atoms with van der Waals surface area (Å²) in [6.07, 6.45) is 0. The van der Waals surface area contributed by atoms with Gasteiger partial charge in [0.15, 0.2) is 0 Å². The normalized spacial score (nSPS) is 11.6. The van der Waals surface area contributed by atoms with Crippen LogP contribution in [0.5, 0.6) is 0 Å². The molecule has 0 saturated carbocycles. The summed E-state index contributed by atoms with van der Waals surface area (Å²) in [7, 11) is 1.23. The molecule has 0 atom stereocenters. The van der Waals surface area contributed by atoms with Gasteiger partial charge in [-0.1, -0.05) is 0 Å². The van der Waals surface area contributed by atoms with Gasteiger partial charge in [-0.2, -0.15) is 4.90 Å². The Hall–Kier alpha value is -1.44. The van der Waals surface area contributed by atoms with Crippen LogP contribution in [0.15, 0.2) is 0 Å². The lowest BCUT2D eigenvalue weighted by molar-refractivity contribution is 0.192. The number of nitrogens with one attached hydrogen (secondary N) is 3. The molecule has 0 aromatic carbocycles. The summed E-state index contributed by atoms with van der Waals surface area (Å²) >= 11 is 1.16. The van der Waals surface area contributed by atoms with Crippen molar-refractivity contribution in [2.24, 2.45) is 0 Å². The molecule has 0 spiro atoms. The van der Waals surface area contributed by atoms with Gasteiger partial charge in [-0.05, 0) is 53.5 Å². The molecule has 0 aromatic heterocycles. The van der Waals surface area contributed by atoms with E-state index in [1.54, 1.807) is 20.8 Å². The number of nitrogens with zero attached hydrogens (tertiary/aromatic N) is 1. The van der Waals surface area contributed by atoms with Crippen LogP contribution in [0.25, 0.3) is 0 Å². The largest absolute Gasteiger partial charge is 0.468 e. The lowest BCUT2D eigenvalue weighted by atomic mass is 10.1. The molecule has 0 radical (unpaired) electrons. The van der Waals surface area contributed by atoms with Crippen molar-refractivity contribution in [1.82, 2.24) is 14.9 Å². The average molecular weight is 304 g/mol. The highest BCUT2D eigenvalue weighted by atomic mass is 32.2. The molecular formula is C12H24N4O3S. The van der Waals surface area contributed by atoms with Crippen LogP contribution >= 0.6 is 11.9 Å².